The van der Waals surface area contributed by atoms with Crippen LogP contribution in [0.2, 0.25) is 0 Å². The predicted octanol–water partition coefficient (Wildman–Crippen LogP) is 1.97. The van der Waals surface area contributed by atoms with E-state index in [0.717, 1.165) is 19.5 Å². The van der Waals surface area contributed by atoms with Gasteiger partial charge in [0, 0.05) is 39.7 Å². The van der Waals surface area contributed by atoms with Crippen molar-refractivity contribution in [3.05, 3.63) is 44.3 Å². The number of carboxylic acids is 1. The van der Waals surface area contributed by atoms with E-state index in [4.69, 9.17) is 9.84 Å². The molecule has 1 atom stereocenters. The molecule has 3 rings (SSSR count). The van der Waals surface area contributed by atoms with E-state index in [1.54, 1.807) is 16.7 Å². The highest BCUT2D eigenvalue weighted by molar-refractivity contribution is 8.03. The number of hydrogen-bond acceptors (Lipinski definition) is 7. The molecule has 134 valence electrons. The number of nitrogens with zero attached hydrogens (tertiary/aromatic N) is 1. The van der Waals surface area contributed by atoms with Crippen LogP contribution in [0.4, 0.5) is 0 Å². The zero-order chi connectivity index (χ0) is 18.0. The van der Waals surface area contributed by atoms with E-state index in [0.29, 0.717) is 12.0 Å². The van der Waals surface area contributed by atoms with Crippen LogP contribution in [0.25, 0.3) is 0 Å². The third-order valence-corrected chi connectivity index (χ3v) is 6.61. The average molecular weight is 380 g/mol. The maximum Gasteiger partial charge on any atom is 0.352 e. The zero-order valence-electron chi connectivity index (χ0n) is 14.1. The molecule has 3 heterocycles. The predicted molar refractivity (Wildman–Crippen MR) is 98.4 cm³/mol. The van der Waals surface area contributed by atoms with Gasteiger partial charge >= 0.3 is 11.9 Å². The molecule has 0 fully saturated rings. The molecule has 0 radical (unpaired) electrons. The van der Waals surface area contributed by atoms with Crippen molar-refractivity contribution >= 4 is 35.0 Å². The second-order valence-corrected chi connectivity index (χ2v) is 8.35. The lowest BCUT2D eigenvalue weighted by atomic mass is 10.1. The second-order valence-electron chi connectivity index (χ2n) is 6.05. The van der Waals surface area contributed by atoms with E-state index in [1.807, 2.05) is 0 Å². The molecule has 2 aliphatic heterocycles. The van der Waals surface area contributed by atoms with Crippen molar-refractivity contribution in [2.75, 3.05) is 20.7 Å². The molecular weight excluding hydrogens is 360 g/mol. The van der Waals surface area contributed by atoms with E-state index < -0.39 is 11.9 Å². The minimum absolute atomic E-state index is 0.0565. The lowest BCUT2D eigenvalue weighted by Crippen LogP contribution is -2.25. The Labute approximate surface area is 154 Å². The number of methoxy groups -OCH3 is 1. The molecule has 0 spiro atoms. The number of nitrogens with one attached hydrogen (secondary N) is 1. The molecule has 8 heteroatoms. The molecular formula is C17H20N2O4S2. The van der Waals surface area contributed by atoms with Gasteiger partial charge in [0.05, 0.1) is 12.7 Å². The number of thiophene rings is 1. The molecule has 2 aliphatic rings. The van der Waals surface area contributed by atoms with E-state index in [2.05, 4.69) is 23.3 Å². The van der Waals surface area contributed by atoms with Crippen LogP contribution in [0.3, 0.4) is 0 Å². The number of aliphatic carboxylic acids is 1. The summed E-state index contributed by atoms with van der Waals surface area (Å²) in [5.41, 5.74) is 1.86. The van der Waals surface area contributed by atoms with Crippen LogP contribution in [-0.2, 0) is 33.7 Å². The molecule has 2 N–H and O–H groups in total. The summed E-state index contributed by atoms with van der Waals surface area (Å²) in [6, 6.07) is 2.21. The topological polar surface area (TPSA) is 78.9 Å². The van der Waals surface area contributed by atoms with Crippen LogP contribution in [0, 0.1) is 0 Å². The Kier molecular flexibility index (Phi) is 5.51. The highest BCUT2D eigenvalue weighted by Gasteiger charge is 2.27. The minimum atomic E-state index is -1.05. The third kappa shape index (κ3) is 4.08. The van der Waals surface area contributed by atoms with Crippen LogP contribution in [-0.4, -0.2) is 47.9 Å². The van der Waals surface area contributed by atoms with Gasteiger partial charge in [-0.05, 0) is 31.5 Å². The maximum atomic E-state index is 12.1. The fourth-order valence-electron chi connectivity index (χ4n) is 2.90. The Balaban J connectivity index is 1.83. The van der Waals surface area contributed by atoms with Crippen LogP contribution < -0.4 is 5.32 Å². The van der Waals surface area contributed by atoms with Gasteiger partial charge in [0.15, 0.2) is 0 Å². The smallest absolute Gasteiger partial charge is 0.352 e. The lowest BCUT2D eigenvalue weighted by molar-refractivity contribution is -0.136. The van der Waals surface area contributed by atoms with Gasteiger partial charge in [0.2, 0.25) is 0 Å². The molecule has 1 aromatic heterocycles. The summed E-state index contributed by atoms with van der Waals surface area (Å²) in [5.74, 6) is -1.49. The number of carbonyl (C=O) groups is 2. The molecule has 0 amide bonds. The van der Waals surface area contributed by atoms with Gasteiger partial charge in [-0.2, -0.15) is 0 Å². The van der Waals surface area contributed by atoms with Crippen LogP contribution in [0.5, 0.6) is 0 Å². The average Bonchev–Trinajstić information content (AvgIpc) is 2.84. The van der Waals surface area contributed by atoms with Crippen molar-refractivity contribution in [3.63, 3.8) is 0 Å². The summed E-state index contributed by atoms with van der Waals surface area (Å²) < 4.78 is 4.87. The minimum Gasteiger partial charge on any atom is -0.477 e. The van der Waals surface area contributed by atoms with E-state index in [9.17, 15) is 9.59 Å². The first-order valence-electron chi connectivity index (χ1n) is 7.90. The van der Waals surface area contributed by atoms with Crippen LogP contribution in [0.1, 0.15) is 15.3 Å². The summed E-state index contributed by atoms with van der Waals surface area (Å²) in [6.07, 6.45) is 3.18. The monoisotopic (exact) mass is 380 g/mol. The van der Waals surface area contributed by atoms with Crippen molar-refractivity contribution in [2.45, 2.75) is 24.6 Å². The van der Waals surface area contributed by atoms with Crippen molar-refractivity contribution in [2.24, 2.45) is 0 Å². The first-order valence-corrected chi connectivity index (χ1v) is 9.66. The number of carboxylic acid groups (broad SMARTS) is 1. The van der Waals surface area contributed by atoms with Gasteiger partial charge < -0.3 is 20.1 Å². The van der Waals surface area contributed by atoms with Gasteiger partial charge in [-0.25, -0.2) is 9.59 Å². The number of fused-ring (bicyclic) bond motifs is 1. The van der Waals surface area contributed by atoms with Crippen molar-refractivity contribution < 1.29 is 19.4 Å². The molecule has 0 saturated heterocycles. The summed E-state index contributed by atoms with van der Waals surface area (Å²) in [4.78, 5) is 28.2. The molecule has 1 aromatic rings. The summed E-state index contributed by atoms with van der Waals surface area (Å²) in [6.45, 7) is 2.01. The number of esters is 1. The Hall–Kier alpha value is -1.77. The Morgan fingerprint density at radius 1 is 1.48 bits per heavy atom. The zero-order valence-corrected chi connectivity index (χ0v) is 15.7. The molecule has 0 saturated carbocycles. The first-order chi connectivity index (χ1) is 12.0. The lowest BCUT2D eigenvalue weighted by Gasteiger charge is -2.21. The molecule has 6 nitrogen and oxygen atoms in total. The summed E-state index contributed by atoms with van der Waals surface area (Å²) in [5, 5.41) is 13.2. The number of carbonyl (C=O) groups excluding carboxylic acids is 1. The second kappa shape index (κ2) is 7.63. The molecule has 25 heavy (non-hydrogen) atoms. The molecule has 0 aromatic carbocycles. The first kappa shape index (κ1) is 18.0. The molecule has 0 aliphatic carbocycles. The van der Waals surface area contributed by atoms with E-state index in [1.165, 1.54) is 40.4 Å². The highest BCUT2D eigenvalue weighted by atomic mass is 32.2. The summed E-state index contributed by atoms with van der Waals surface area (Å²) in [7, 11) is 3.45. The van der Waals surface area contributed by atoms with Gasteiger partial charge in [-0.3, -0.25) is 0 Å². The van der Waals surface area contributed by atoms with Crippen molar-refractivity contribution in [1.29, 1.82) is 0 Å². The SMILES string of the molecule is COC(=O)C1=CNC(C(=O)O)=CSC1Cc1cc2c(s1)CCN(C)C2. The van der Waals surface area contributed by atoms with Gasteiger partial charge in [0.25, 0.3) is 0 Å². The Morgan fingerprint density at radius 2 is 2.28 bits per heavy atom. The fourth-order valence-corrected chi connectivity index (χ4v) is 5.28. The van der Waals surface area contributed by atoms with Crippen LogP contribution >= 0.6 is 23.1 Å². The number of hydrogen-bond donors (Lipinski definition) is 2. The van der Waals surface area contributed by atoms with Gasteiger partial charge in [0.1, 0.15) is 5.70 Å². The van der Waals surface area contributed by atoms with Crippen molar-refractivity contribution in [1.82, 2.24) is 10.2 Å². The summed E-state index contributed by atoms with van der Waals surface area (Å²) >= 11 is 3.12. The van der Waals surface area contributed by atoms with Crippen LogP contribution in [0.15, 0.2) is 28.9 Å². The highest BCUT2D eigenvalue weighted by Crippen LogP contribution is 2.33. The standard InChI is InChI=1S/C17H20N2O4S2/c1-19-4-3-14-10(8-19)5-11(25-14)6-15-12(17(22)23-2)7-18-13(9-24-15)16(20)21/h5,7,9,15,18H,3-4,6,8H2,1-2H3,(H,20,21). The normalized spacial score (nSPS) is 20.6. The number of likely N-dealkylation sites (N-methyl/N-ethyl adjacent to an activating group) is 1. The van der Waals surface area contributed by atoms with Gasteiger partial charge in [-0.1, -0.05) is 0 Å². The third-order valence-electron chi connectivity index (χ3n) is 4.23. The number of thioether (sulfide) groups is 1. The Bertz CT molecular complexity index is 754. The van der Waals surface area contributed by atoms with E-state index >= 15 is 0 Å². The quantitative estimate of drug-likeness (QED) is 0.773. The number of ether oxygens (including phenoxy) is 1. The molecule has 1 unspecified atom stereocenters. The largest absolute Gasteiger partial charge is 0.477 e. The maximum absolute atomic E-state index is 12.1. The van der Waals surface area contributed by atoms with Gasteiger partial charge in [-0.15, -0.1) is 23.1 Å². The number of rotatable bonds is 4. The Morgan fingerprint density at radius 3 is 3.00 bits per heavy atom. The van der Waals surface area contributed by atoms with E-state index in [-0.39, 0.29) is 10.9 Å². The molecule has 0 bridgehead atoms. The van der Waals surface area contributed by atoms with Crippen molar-refractivity contribution in [3.8, 4) is 0 Å². The fraction of sp³-hybridized carbons (Fsp3) is 0.412.